The molecule has 80 valence electrons. The molecule has 0 radical (unpaired) electrons. The predicted octanol–water partition coefficient (Wildman–Crippen LogP) is 2.66. The highest BCUT2D eigenvalue weighted by molar-refractivity contribution is 9.12. The Kier molecular flexibility index (Phi) is 4.98. The van der Waals surface area contributed by atoms with Crippen LogP contribution in [0.3, 0.4) is 0 Å². The number of thioether (sulfide) groups is 1. The second-order valence-corrected chi connectivity index (χ2v) is 4.78. The van der Waals surface area contributed by atoms with E-state index in [-0.39, 0.29) is 5.97 Å². The lowest BCUT2D eigenvalue weighted by Crippen LogP contribution is -2.12. The number of carbonyl (C=O) groups excluding carboxylic acids is 1. The van der Waals surface area contributed by atoms with Crippen LogP contribution in [0.25, 0.3) is 0 Å². The Morgan fingerprint density at radius 3 is 2.93 bits per heavy atom. The van der Waals surface area contributed by atoms with Crippen molar-refractivity contribution in [1.82, 2.24) is 0 Å². The van der Waals surface area contributed by atoms with E-state index in [9.17, 15) is 4.79 Å². The first kappa shape index (κ1) is 12.1. The molecule has 1 rings (SSSR count). The van der Waals surface area contributed by atoms with E-state index >= 15 is 0 Å². The van der Waals surface area contributed by atoms with Gasteiger partial charge in [-0.25, -0.2) is 4.79 Å². The molecule has 0 bridgehead atoms. The molecule has 1 unspecified atom stereocenters. The molecule has 0 N–H and O–H groups in total. The zero-order valence-electron chi connectivity index (χ0n) is 8.21. The van der Waals surface area contributed by atoms with Crippen LogP contribution in [-0.4, -0.2) is 25.1 Å². The Morgan fingerprint density at radius 2 is 2.36 bits per heavy atom. The first-order chi connectivity index (χ1) is 6.70. The summed E-state index contributed by atoms with van der Waals surface area (Å²) in [7, 11) is 1.53. The van der Waals surface area contributed by atoms with Gasteiger partial charge >= 0.3 is 5.97 Å². The van der Waals surface area contributed by atoms with Crippen LogP contribution >= 0.6 is 27.7 Å². The fraction of sp³-hybridized carbons (Fsp3) is 0.667. The number of methoxy groups -OCH3 is 1. The number of esters is 1. The molecule has 0 aromatic carbocycles. The quantitative estimate of drug-likeness (QED) is 0.573. The molecule has 1 aliphatic rings. The molecule has 5 heteroatoms. The largest absolute Gasteiger partial charge is 0.427 e. The van der Waals surface area contributed by atoms with Crippen LogP contribution in [0.15, 0.2) is 9.39 Å². The van der Waals surface area contributed by atoms with E-state index in [0.717, 1.165) is 23.5 Å². The molecule has 0 aromatic rings. The van der Waals surface area contributed by atoms with Crippen LogP contribution < -0.4 is 0 Å². The van der Waals surface area contributed by atoms with E-state index < -0.39 is 6.29 Å². The smallest absolute Gasteiger partial charge is 0.348 e. The summed E-state index contributed by atoms with van der Waals surface area (Å²) in [5, 5.41) is 0. The average molecular weight is 281 g/mol. The van der Waals surface area contributed by atoms with Gasteiger partial charge in [0.1, 0.15) is 4.48 Å². The Hall–Kier alpha value is -0.0000000000000000763. The maximum absolute atomic E-state index is 11.2. The number of rotatable bonds is 5. The van der Waals surface area contributed by atoms with Gasteiger partial charge in [-0.15, -0.1) is 11.8 Å². The zero-order chi connectivity index (χ0) is 10.6. The van der Waals surface area contributed by atoms with Gasteiger partial charge in [0, 0.05) is 7.11 Å². The number of carbonyl (C=O) groups is 1. The summed E-state index contributed by atoms with van der Waals surface area (Å²) in [6.07, 6.45) is 1.75. The van der Waals surface area contributed by atoms with Crippen LogP contribution in [-0.2, 0) is 14.3 Å². The second kappa shape index (κ2) is 5.78. The van der Waals surface area contributed by atoms with E-state index in [1.807, 2.05) is 0 Å². The lowest BCUT2D eigenvalue weighted by molar-refractivity contribution is -0.154. The van der Waals surface area contributed by atoms with Crippen molar-refractivity contribution in [2.24, 2.45) is 0 Å². The number of unbranched alkanes of at least 4 members (excludes halogenated alkanes) is 1. The van der Waals surface area contributed by atoms with Gasteiger partial charge in [0.2, 0.25) is 6.29 Å². The summed E-state index contributed by atoms with van der Waals surface area (Å²) >= 11 is 4.82. The van der Waals surface area contributed by atoms with Gasteiger partial charge < -0.3 is 9.47 Å². The van der Waals surface area contributed by atoms with E-state index in [1.165, 1.54) is 7.11 Å². The Balaban J connectivity index is 2.57. The lowest BCUT2D eigenvalue weighted by Gasteiger charge is -2.10. The van der Waals surface area contributed by atoms with Crippen molar-refractivity contribution >= 4 is 33.7 Å². The van der Waals surface area contributed by atoms with E-state index in [4.69, 9.17) is 9.47 Å². The molecule has 1 aliphatic heterocycles. The van der Waals surface area contributed by atoms with Gasteiger partial charge in [-0.2, -0.15) is 0 Å². The van der Waals surface area contributed by atoms with Crippen molar-refractivity contribution in [3.05, 3.63) is 9.39 Å². The maximum Gasteiger partial charge on any atom is 0.348 e. The van der Waals surface area contributed by atoms with Crippen LogP contribution in [0.2, 0.25) is 0 Å². The third kappa shape index (κ3) is 2.74. The zero-order valence-corrected chi connectivity index (χ0v) is 10.6. The molecule has 3 nitrogen and oxygen atoms in total. The van der Waals surface area contributed by atoms with Crippen LogP contribution in [0, 0.1) is 0 Å². The van der Waals surface area contributed by atoms with Gasteiger partial charge in [-0.1, -0.05) is 13.3 Å². The van der Waals surface area contributed by atoms with Crippen molar-refractivity contribution in [3.8, 4) is 0 Å². The van der Waals surface area contributed by atoms with Gasteiger partial charge in [-0.05, 0) is 28.1 Å². The molecule has 0 saturated carbocycles. The molecular formula is C9H13BrO3S. The minimum absolute atomic E-state index is 0.337. The van der Waals surface area contributed by atoms with Crippen LogP contribution in [0.4, 0.5) is 0 Å². The second-order valence-electron chi connectivity index (χ2n) is 2.85. The van der Waals surface area contributed by atoms with Crippen molar-refractivity contribution in [2.45, 2.75) is 26.1 Å². The van der Waals surface area contributed by atoms with Gasteiger partial charge in [0.15, 0.2) is 0 Å². The molecule has 0 saturated heterocycles. The Labute approximate surface area is 96.3 Å². The monoisotopic (exact) mass is 280 g/mol. The third-order valence-electron chi connectivity index (χ3n) is 1.79. The predicted molar refractivity (Wildman–Crippen MR) is 60.2 cm³/mol. The number of ether oxygens (including phenoxy) is 2. The van der Waals surface area contributed by atoms with Crippen LogP contribution in [0.1, 0.15) is 19.8 Å². The highest BCUT2D eigenvalue weighted by Gasteiger charge is 2.32. The number of halogens is 1. The van der Waals surface area contributed by atoms with Gasteiger partial charge in [0.05, 0.1) is 4.91 Å². The molecule has 0 aromatic heterocycles. The summed E-state index contributed by atoms with van der Waals surface area (Å²) in [6, 6.07) is 0. The molecule has 14 heavy (non-hydrogen) atoms. The highest BCUT2D eigenvalue weighted by Crippen LogP contribution is 2.35. The number of hydrogen-bond donors (Lipinski definition) is 0. The molecule has 0 amide bonds. The number of hydrogen-bond acceptors (Lipinski definition) is 4. The molecular weight excluding hydrogens is 268 g/mol. The van der Waals surface area contributed by atoms with Crippen molar-refractivity contribution in [2.75, 3.05) is 12.9 Å². The highest BCUT2D eigenvalue weighted by atomic mass is 79.9. The first-order valence-electron chi connectivity index (χ1n) is 4.47. The SMILES string of the molecule is CCCCSC1=C(Br)C(=O)OC1OC. The maximum atomic E-state index is 11.2. The van der Waals surface area contributed by atoms with E-state index in [0.29, 0.717) is 4.48 Å². The Bertz CT molecular complexity index is 252. The van der Waals surface area contributed by atoms with Crippen molar-refractivity contribution < 1.29 is 14.3 Å². The molecule has 0 aliphatic carbocycles. The summed E-state index contributed by atoms with van der Waals surface area (Å²) in [4.78, 5) is 12.0. The van der Waals surface area contributed by atoms with Crippen LogP contribution in [0.5, 0.6) is 0 Å². The summed E-state index contributed by atoms with van der Waals surface area (Å²) in [6.45, 7) is 2.13. The minimum Gasteiger partial charge on any atom is -0.427 e. The molecule has 1 atom stereocenters. The molecule has 1 heterocycles. The van der Waals surface area contributed by atoms with E-state index in [1.54, 1.807) is 11.8 Å². The van der Waals surface area contributed by atoms with Gasteiger partial charge in [0.25, 0.3) is 0 Å². The number of cyclic esters (lactones) is 1. The summed E-state index contributed by atoms with van der Waals surface area (Å²) in [5.74, 6) is 0.646. The lowest BCUT2D eigenvalue weighted by atomic mass is 10.4. The Morgan fingerprint density at radius 1 is 1.64 bits per heavy atom. The fourth-order valence-corrected chi connectivity index (χ4v) is 2.79. The summed E-state index contributed by atoms with van der Waals surface area (Å²) < 4.78 is 10.5. The molecule has 0 fully saturated rings. The van der Waals surface area contributed by atoms with E-state index in [2.05, 4.69) is 22.9 Å². The summed E-state index contributed by atoms with van der Waals surface area (Å²) in [5.41, 5.74) is 0. The molecule has 0 spiro atoms. The van der Waals surface area contributed by atoms with Crippen molar-refractivity contribution in [1.29, 1.82) is 0 Å². The first-order valence-corrected chi connectivity index (χ1v) is 6.24. The topological polar surface area (TPSA) is 35.5 Å². The third-order valence-corrected chi connectivity index (χ3v) is 4.01. The normalized spacial score (nSPS) is 21.6. The van der Waals surface area contributed by atoms with Crippen molar-refractivity contribution in [3.63, 3.8) is 0 Å². The average Bonchev–Trinajstić information content (AvgIpc) is 2.45. The fourth-order valence-electron chi connectivity index (χ4n) is 1.02. The minimum atomic E-state index is -0.515. The van der Waals surface area contributed by atoms with Gasteiger partial charge in [-0.3, -0.25) is 0 Å². The standard InChI is InChI=1S/C9H13BrO3S/c1-3-4-5-14-7-6(10)8(11)13-9(7)12-2/h9H,3-5H2,1-2H3.